The number of nitrogen functional groups attached to an aromatic ring is 1. The highest BCUT2D eigenvalue weighted by Crippen LogP contribution is 2.32. The number of ether oxygens (including phenoxy) is 1. The van der Waals surface area contributed by atoms with Crippen LogP contribution in [0.5, 0.6) is 5.75 Å². The highest BCUT2D eigenvalue weighted by atomic mass is 19.1. The molecule has 2 nitrogen and oxygen atoms in total. The zero-order chi connectivity index (χ0) is 15.6. The lowest BCUT2D eigenvalue weighted by Gasteiger charge is -2.23. The van der Waals surface area contributed by atoms with Crippen molar-refractivity contribution in [2.75, 3.05) is 5.73 Å². The molecule has 0 fully saturated rings. The number of aryl methyl sites for hydroxylation is 1. The van der Waals surface area contributed by atoms with Crippen LogP contribution in [-0.4, -0.2) is 0 Å². The molecule has 0 spiro atoms. The molecule has 0 bridgehead atoms. The van der Waals surface area contributed by atoms with Crippen molar-refractivity contribution in [3.8, 4) is 5.75 Å². The molecule has 0 aliphatic carbocycles. The Morgan fingerprint density at radius 3 is 2.43 bits per heavy atom. The van der Waals surface area contributed by atoms with Gasteiger partial charge in [-0.2, -0.15) is 0 Å². The first-order chi connectivity index (χ1) is 9.75. The van der Waals surface area contributed by atoms with Gasteiger partial charge in [-0.1, -0.05) is 38.5 Å². The molecule has 0 heterocycles. The first-order valence-corrected chi connectivity index (χ1v) is 7.04. The van der Waals surface area contributed by atoms with Crippen LogP contribution in [0.25, 0.3) is 0 Å². The van der Waals surface area contributed by atoms with Gasteiger partial charge in [-0.15, -0.1) is 0 Å². The first-order valence-electron chi connectivity index (χ1n) is 7.04. The van der Waals surface area contributed by atoms with Gasteiger partial charge in [0.1, 0.15) is 18.2 Å². The lowest BCUT2D eigenvalue weighted by molar-refractivity contribution is 0.297. The number of rotatable bonds is 3. The second-order valence-corrected chi connectivity index (χ2v) is 6.43. The second-order valence-electron chi connectivity index (χ2n) is 6.43. The molecule has 0 saturated heterocycles. The van der Waals surface area contributed by atoms with Crippen LogP contribution < -0.4 is 10.5 Å². The molecule has 0 saturated carbocycles. The maximum Gasteiger partial charge on any atom is 0.125 e. The molecule has 21 heavy (non-hydrogen) atoms. The normalized spacial score (nSPS) is 11.5. The Morgan fingerprint density at radius 1 is 1.10 bits per heavy atom. The van der Waals surface area contributed by atoms with E-state index >= 15 is 0 Å². The minimum Gasteiger partial charge on any atom is -0.489 e. The number of halogens is 1. The third kappa shape index (κ3) is 3.97. The van der Waals surface area contributed by atoms with Crippen molar-refractivity contribution in [2.45, 2.75) is 39.7 Å². The second kappa shape index (κ2) is 5.76. The smallest absolute Gasteiger partial charge is 0.125 e. The van der Waals surface area contributed by atoms with Gasteiger partial charge in [-0.25, -0.2) is 4.39 Å². The molecule has 2 N–H and O–H groups in total. The summed E-state index contributed by atoms with van der Waals surface area (Å²) >= 11 is 0. The first kappa shape index (κ1) is 15.4. The van der Waals surface area contributed by atoms with Crippen LogP contribution in [0.4, 0.5) is 10.1 Å². The number of hydrogen-bond donors (Lipinski definition) is 1. The number of nitrogens with two attached hydrogens (primary N) is 1. The highest BCUT2D eigenvalue weighted by Gasteiger charge is 2.19. The Bertz CT molecular complexity index is 624. The molecule has 3 heteroatoms. The maximum absolute atomic E-state index is 13.3. The average molecular weight is 287 g/mol. The zero-order valence-corrected chi connectivity index (χ0v) is 13.0. The molecule has 0 amide bonds. The van der Waals surface area contributed by atoms with E-state index < -0.39 is 0 Å². The van der Waals surface area contributed by atoms with Gasteiger partial charge in [-0.05, 0) is 47.7 Å². The van der Waals surface area contributed by atoms with Gasteiger partial charge in [0.2, 0.25) is 0 Å². The molecule has 2 rings (SSSR count). The molecule has 2 aromatic rings. The zero-order valence-electron chi connectivity index (χ0n) is 13.0. The molecular formula is C18H22FNO. The summed E-state index contributed by atoms with van der Waals surface area (Å²) in [7, 11) is 0. The van der Waals surface area contributed by atoms with Crippen LogP contribution in [0.15, 0.2) is 36.4 Å². The standard InChI is InChI=1S/C18H22FNO/c1-12-5-6-17(16(7-12)18(2,3)4)21-11-13-8-14(19)10-15(20)9-13/h5-10H,11,20H2,1-4H3. The van der Waals surface area contributed by atoms with E-state index in [-0.39, 0.29) is 11.2 Å². The van der Waals surface area contributed by atoms with E-state index in [0.717, 1.165) is 16.9 Å². The van der Waals surface area contributed by atoms with Crippen LogP contribution in [0, 0.1) is 12.7 Å². The van der Waals surface area contributed by atoms with E-state index in [2.05, 4.69) is 33.8 Å². The van der Waals surface area contributed by atoms with Gasteiger partial charge in [0.05, 0.1) is 0 Å². The van der Waals surface area contributed by atoms with E-state index in [9.17, 15) is 4.39 Å². The predicted octanol–water partition coefficient (Wildman–Crippen LogP) is 4.59. The van der Waals surface area contributed by atoms with Crippen molar-refractivity contribution in [1.29, 1.82) is 0 Å². The lowest BCUT2D eigenvalue weighted by atomic mass is 9.85. The van der Waals surface area contributed by atoms with Crippen LogP contribution in [-0.2, 0) is 12.0 Å². The maximum atomic E-state index is 13.3. The van der Waals surface area contributed by atoms with Gasteiger partial charge in [0.25, 0.3) is 0 Å². The van der Waals surface area contributed by atoms with Gasteiger partial charge in [0.15, 0.2) is 0 Å². The summed E-state index contributed by atoms with van der Waals surface area (Å²) in [5, 5.41) is 0. The number of anilines is 1. The third-order valence-corrected chi connectivity index (χ3v) is 3.32. The Balaban J connectivity index is 2.24. The molecule has 0 radical (unpaired) electrons. The van der Waals surface area contributed by atoms with Gasteiger partial charge in [-0.3, -0.25) is 0 Å². The SMILES string of the molecule is Cc1ccc(OCc2cc(N)cc(F)c2)c(C(C)(C)C)c1. The minimum absolute atomic E-state index is 0.0116. The fourth-order valence-corrected chi connectivity index (χ4v) is 2.28. The molecule has 0 aliphatic heterocycles. The fraction of sp³-hybridized carbons (Fsp3) is 0.333. The van der Waals surface area contributed by atoms with Crippen molar-refractivity contribution < 1.29 is 9.13 Å². The lowest BCUT2D eigenvalue weighted by Crippen LogP contribution is -2.14. The van der Waals surface area contributed by atoms with Gasteiger partial charge >= 0.3 is 0 Å². The topological polar surface area (TPSA) is 35.2 Å². The van der Waals surface area contributed by atoms with Gasteiger partial charge < -0.3 is 10.5 Å². The molecule has 0 aliphatic rings. The van der Waals surface area contributed by atoms with Crippen molar-refractivity contribution in [1.82, 2.24) is 0 Å². The Labute approximate surface area is 125 Å². The third-order valence-electron chi connectivity index (χ3n) is 3.32. The van der Waals surface area contributed by atoms with E-state index in [4.69, 9.17) is 10.5 Å². The molecule has 0 atom stereocenters. The van der Waals surface area contributed by atoms with Crippen molar-refractivity contribution in [3.05, 3.63) is 58.9 Å². The molecule has 0 unspecified atom stereocenters. The van der Waals surface area contributed by atoms with Crippen molar-refractivity contribution >= 4 is 5.69 Å². The predicted molar refractivity (Wildman–Crippen MR) is 85.0 cm³/mol. The van der Waals surface area contributed by atoms with E-state index in [1.165, 1.54) is 17.7 Å². The van der Waals surface area contributed by atoms with E-state index in [1.54, 1.807) is 6.07 Å². The molecular weight excluding hydrogens is 265 g/mol. The molecule has 0 aromatic heterocycles. The quantitative estimate of drug-likeness (QED) is 0.838. The number of benzene rings is 2. The Kier molecular flexibility index (Phi) is 4.21. The summed E-state index contributed by atoms with van der Waals surface area (Å²) in [5.41, 5.74) is 9.12. The van der Waals surface area contributed by atoms with E-state index in [0.29, 0.717) is 12.3 Å². The van der Waals surface area contributed by atoms with Crippen LogP contribution in [0.2, 0.25) is 0 Å². The molecule has 2 aromatic carbocycles. The van der Waals surface area contributed by atoms with Crippen LogP contribution in [0.1, 0.15) is 37.5 Å². The molecule has 112 valence electrons. The van der Waals surface area contributed by atoms with Crippen molar-refractivity contribution in [2.24, 2.45) is 0 Å². The highest BCUT2D eigenvalue weighted by molar-refractivity contribution is 5.43. The van der Waals surface area contributed by atoms with Crippen LogP contribution >= 0.6 is 0 Å². The Hall–Kier alpha value is -2.03. The van der Waals surface area contributed by atoms with Gasteiger partial charge in [0, 0.05) is 5.69 Å². The summed E-state index contributed by atoms with van der Waals surface area (Å²) < 4.78 is 19.2. The largest absolute Gasteiger partial charge is 0.489 e. The van der Waals surface area contributed by atoms with Crippen LogP contribution in [0.3, 0.4) is 0 Å². The minimum atomic E-state index is -0.339. The summed E-state index contributed by atoms with van der Waals surface area (Å²) in [6.45, 7) is 8.80. The summed E-state index contributed by atoms with van der Waals surface area (Å²) in [6, 6.07) is 10.6. The summed E-state index contributed by atoms with van der Waals surface area (Å²) in [5.74, 6) is 0.490. The number of hydrogen-bond acceptors (Lipinski definition) is 2. The Morgan fingerprint density at radius 2 is 1.81 bits per heavy atom. The monoisotopic (exact) mass is 287 g/mol. The summed E-state index contributed by atoms with van der Waals surface area (Å²) in [6.07, 6.45) is 0. The van der Waals surface area contributed by atoms with Crippen molar-refractivity contribution in [3.63, 3.8) is 0 Å². The average Bonchev–Trinajstić information content (AvgIpc) is 2.35. The summed E-state index contributed by atoms with van der Waals surface area (Å²) in [4.78, 5) is 0. The van der Waals surface area contributed by atoms with E-state index in [1.807, 2.05) is 12.1 Å². The fourth-order valence-electron chi connectivity index (χ4n) is 2.28.